The van der Waals surface area contributed by atoms with Crippen molar-refractivity contribution >= 4 is 64.6 Å². The first-order valence-electron chi connectivity index (χ1n) is 33.9. The predicted molar refractivity (Wildman–Crippen MR) is 402 cm³/mol. The summed E-state index contributed by atoms with van der Waals surface area (Å²) in [6.07, 6.45) is 7.80. The lowest BCUT2D eigenvalue weighted by Crippen LogP contribution is -2.26. The highest BCUT2D eigenvalue weighted by molar-refractivity contribution is 6.25. The summed E-state index contributed by atoms with van der Waals surface area (Å²) in [5, 5.41) is 15.0. The Morgan fingerprint density at radius 2 is 0.622 bits per heavy atom. The molecule has 4 aromatic heterocycles. The van der Waals surface area contributed by atoms with Gasteiger partial charge in [-0.25, -0.2) is 0 Å². The van der Waals surface area contributed by atoms with Crippen LogP contribution in [0.1, 0.15) is 44.5 Å². The normalized spacial score (nSPS) is 13.7. The second-order valence-electron chi connectivity index (χ2n) is 26.9. The number of nitrogens with zero attached hydrogens (tertiary/aromatic N) is 4. The summed E-state index contributed by atoms with van der Waals surface area (Å²) < 4.78 is 0. The third kappa shape index (κ3) is 6.97. The number of rotatable bonds is 5. The molecule has 0 saturated carbocycles. The van der Waals surface area contributed by atoms with E-state index in [2.05, 4.69) is 296 Å². The summed E-state index contributed by atoms with van der Waals surface area (Å²) in [5.74, 6) is 0. The number of pyridine rings is 4. The molecule has 22 rings (SSSR count). The summed E-state index contributed by atoms with van der Waals surface area (Å²) in [4.78, 5) is 19.8. The maximum atomic E-state index is 5.26. The average Bonchev–Trinajstić information content (AvgIpc) is 1.50. The number of hydrogen-bond donors (Lipinski definition) is 0. The highest BCUT2D eigenvalue weighted by Crippen LogP contribution is 2.69. The van der Waals surface area contributed by atoms with Crippen molar-refractivity contribution in [1.82, 2.24) is 19.9 Å². The molecule has 4 heteroatoms. The van der Waals surface area contributed by atoms with Crippen molar-refractivity contribution in [2.24, 2.45) is 0 Å². The van der Waals surface area contributed by atoms with E-state index in [4.69, 9.17) is 15.0 Å². The van der Waals surface area contributed by atoms with E-state index in [9.17, 15) is 0 Å². The molecule has 18 aromatic rings. The summed E-state index contributed by atoms with van der Waals surface area (Å²) in [5.41, 5.74) is 29.9. The number of fused-ring (bicyclic) bond motifs is 34. The van der Waals surface area contributed by atoms with Gasteiger partial charge in [-0.1, -0.05) is 255 Å². The zero-order valence-electron chi connectivity index (χ0n) is 53.0. The van der Waals surface area contributed by atoms with Crippen LogP contribution in [0.2, 0.25) is 0 Å². The van der Waals surface area contributed by atoms with Gasteiger partial charge in [0.2, 0.25) is 0 Å². The van der Waals surface area contributed by atoms with Gasteiger partial charge in [-0.3, -0.25) is 19.9 Å². The van der Waals surface area contributed by atoms with E-state index in [1.54, 1.807) is 0 Å². The van der Waals surface area contributed by atoms with Gasteiger partial charge < -0.3 is 0 Å². The topological polar surface area (TPSA) is 51.6 Å². The molecule has 98 heavy (non-hydrogen) atoms. The minimum atomic E-state index is -0.633. The van der Waals surface area contributed by atoms with Gasteiger partial charge in [0.25, 0.3) is 0 Å². The summed E-state index contributed by atoms with van der Waals surface area (Å²) in [7, 11) is 0. The fourth-order valence-electron chi connectivity index (χ4n) is 18.7. The predicted octanol–water partition coefficient (Wildman–Crippen LogP) is 23.2. The smallest absolute Gasteiger partial charge is 0.0892 e. The molecule has 0 amide bonds. The van der Waals surface area contributed by atoms with Crippen LogP contribution in [0.3, 0.4) is 0 Å². The molecule has 0 N–H and O–H groups in total. The minimum absolute atomic E-state index is 0.530. The first-order valence-corrected chi connectivity index (χ1v) is 33.9. The van der Waals surface area contributed by atoms with E-state index in [1.807, 2.05) is 36.8 Å². The summed E-state index contributed by atoms with van der Waals surface area (Å²) in [6, 6.07) is 113. The molecule has 2 spiro atoms. The molecule has 0 saturated heterocycles. The van der Waals surface area contributed by atoms with E-state index in [0.29, 0.717) is 0 Å². The van der Waals surface area contributed by atoms with Crippen LogP contribution >= 0.6 is 0 Å². The third-order valence-corrected chi connectivity index (χ3v) is 22.4. The highest BCUT2D eigenvalue weighted by atomic mass is 14.8. The van der Waals surface area contributed by atoms with Crippen LogP contribution < -0.4 is 0 Å². The van der Waals surface area contributed by atoms with E-state index in [-0.39, 0.29) is 0 Å². The number of hydrogen-bond acceptors (Lipinski definition) is 4. The van der Waals surface area contributed by atoms with Crippen LogP contribution in [-0.4, -0.2) is 19.9 Å². The number of aromatic nitrogens is 4. The van der Waals surface area contributed by atoms with Crippen molar-refractivity contribution in [3.63, 3.8) is 0 Å². The Bertz CT molecular complexity index is 6450. The average molecular weight is 1240 g/mol. The molecule has 0 bridgehead atoms. The maximum absolute atomic E-state index is 5.26. The molecule has 0 atom stereocenters. The van der Waals surface area contributed by atoms with E-state index < -0.39 is 10.8 Å². The molecule has 4 nitrogen and oxygen atoms in total. The van der Waals surface area contributed by atoms with Crippen LogP contribution in [0.15, 0.2) is 328 Å². The molecule has 0 radical (unpaired) electrons. The van der Waals surface area contributed by atoms with Crippen molar-refractivity contribution in [3.05, 3.63) is 373 Å². The fraction of sp³-hybridized carbons (Fsp3) is 0.0213. The van der Waals surface area contributed by atoms with Crippen LogP contribution in [0, 0.1) is 0 Å². The van der Waals surface area contributed by atoms with Crippen molar-refractivity contribution in [2.75, 3.05) is 0 Å². The van der Waals surface area contributed by atoms with Crippen molar-refractivity contribution in [2.45, 2.75) is 10.8 Å². The fourth-order valence-corrected chi connectivity index (χ4v) is 18.7. The van der Waals surface area contributed by atoms with Gasteiger partial charge >= 0.3 is 0 Å². The first kappa shape index (κ1) is 53.6. The minimum Gasteiger partial charge on any atom is -0.255 e. The maximum Gasteiger partial charge on any atom is 0.0892 e. The highest BCUT2D eigenvalue weighted by Gasteiger charge is 2.56. The summed E-state index contributed by atoms with van der Waals surface area (Å²) >= 11 is 0. The monoisotopic (exact) mass is 1240 g/mol. The van der Waals surface area contributed by atoms with Gasteiger partial charge in [0, 0.05) is 35.9 Å². The van der Waals surface area contributed by atoms with Gasteiger partial charge in [-0.15, -0.1) is 0 Å². The Labute approximate surface area is 565 Å². The third-order valence-electron chi connectivity index (χ3n) is 22.4. The first-order chi connectivity index (χ1) is 48.6. The lowest BCUT2D eigenvalue weighted by molar-refractivity contribution is 0.809. The van der Waals surface area contributed by atoms with E-state index >= 15 is 0 Å². The molecule has 14 aromatic carbocycles. The Hall–Kier alpha value is -12.8. The van der Waals surface area contributed by atoms with Crippen LogP contribution in [-0.2, 0) is 10.8 Å². The van der Waals surface area contributed by atoms with Gasteiger partial charge in [0.05, 0.1) is 33.6 Å². The van der Waals surface area contributed by atoms with Gasteiger partial charge in [-0.05, 0) is 224 Å². The molecule has 4 aliphatic rings. The lowest BCUT2D eigenvalue weighted by Gasteiger charge is -2.33. The Balaban J connectivity index is 0.658. The second-order valence-corrected chi connectivity index (χ2v) is 26.9. The van der Waals surface area contributed by atoms with Gasteiger partial charge in [0.1, 0.15) is 0 Å². The van der Waals surface area contributed by atoms with Crippen LogP contribution in [0.5, 0.6) is 0 Å². The largest absolute Gasteiger partial charge is 0.255 e. The molecular weight excluding hydrogens is 1190 g/mol. The standard InChI is InChI=1S/C94H54N4/c1-3-24-71-65(18-1)66-19-2-6-27-74(66)91-87(71)76-43-38-59-51-56(36-42-64(59)89(76)93(91)78-30-11-7-20-67(78)68-21-8-12-31-79(68)93)60-39-45-83(97-53-60)84-46-40-61(54-98-84)62-28-17-29-75-86(62)72-25-4-5-26-73(72)88-77-44-37-58-50-55(57-47-49-96-85(52-57)82-34-15-16-48-95-82)35-41-63(58)90(77)94(92(75)88)80-32-13-9-22-69(80)70-23-10-14-33-81(70)94/h1-54H. The molecule has 4 aliphatic carbocycles. The molecule has 0 unspecified atom stereocenters. The van der Waals surface area contributed by atoms with E-state index in [0.717, 1.165) is 56.2 Å². The SMILES string of the molecule is c1ccc(-c2cc(-c3ccc4c5c(ccc4c3)-c3c(c4cccc(-c6ccc(-c7ccc(-c8ccc9c%10c(ccc9c8)-c8c(c9ccccc9c9ccccc89)C%108c9ccccc9-c9ccccc98)cn7)nc6)c4c4ccccc34)C53c4ccccc4-c4ccccc43)ccn2)nc1. The van der Waals surface area contributed by atoms with Crippen molar-refractivity contribution < 1.29 is 0 Å². The zero-order chi connectivity index (χ0) is 64.0. The number of benzene rings is 14. The summed E-state index contributed by atoms with van der Waals surface area (Å²) in [6.45, 7) is 0. The second kappa shape index (κ2) is 19.9. The molecular formula is C94H54N4. The Kier molecular flexibility index (Phi) is 10.9. The van der Waals surface area contributed by atoms with E-state index in [1.165, 1.54) is 154 Å². The van der Waals surface area contributed by atoms with Gasteiger partial charge in [0.15, 0.2) is 0 Å². The lowest BCUT2D eigenvalue weighted by atomic mass is 9.68. The van der Waals surface area contributed by atoms with Gasteiger partial charge in [-0.2, -0.15) is 0 Å². The molecule has 0 aliphatic heterocycles. The van der Waals surface area contributed by atoms with Crippen LogP contribution in [0.4, 0.5) is 0 Å². The quantitative estimate of drug-likeness (QED) is 0.161. The Morgan fingerprint density at radius 3 is 1.17 bits per heavy atom. The molecule has 4 heterocycles. The molecule has 450 valence electrons. The van der Waals surface area contributed by atoms with Crippen LogP contribution in [0.25, 0.3) is 165 Å². The molecule has 0 fully saturated rings. The van der Waals surface area contributed by atoms with Crippen molar-refractivity contribution in [3.8, 4) is 101 Å². The zero-order valence-corrected chi connectivity index (χ0v) is 53.0. The van der Waals surface area contributed by atoms with Crippen molar-refractivity contribution in [1.29, 1.82) is 0 Å². The Morgan fingerprint density at radius 1 is 0.204 bits per heavy atom.